The molecule has 1 aromatic heterocycles. The number of anilines is 1. The topological polar surface area (TPSA) is 53.4 Å². The van der Waals surface area contributed by atoms with E-state index in [1.807, 2.05) is 12.1 Å². The Labute approximate surface area is 173 Å². The molecule has 1 aliphatic heterocycles. The van der Waals surface area contributed by atoms with Crippen LogP contribution >= 0.6 is 0 Å². The van der Waals surface area contributed by atoms with Gasteiger partial charge in [0.25, 0.3) is 0 Å². The van der Waals surface area contributed by atoms with Crippen molar-refractivity contribution in [1.82, 2.24) is 4.98 Å². The molecule has 0 unspecified atom stereocenters. The van der Waals surface area contributed by atoms with Crippen LogP contribution in [0.15, 0.2) is 60.8 Å². The first-order valence-corrected chi connectivity index (χ1v) is 9.85. The quantitative estimate of drug-likeness (QED) is 0.513. The van der Waals surface area contributed by atoms with Gasteiger partial charge in [0.15, 0.2) is 0 Å². The minimum absolute atomic E-state index is 0.544. The number of nitrogens with zero attached hydrogens (tertiary/aromatic N) is 2. The van der Waals surface area contributed by atoms with E-state index in [0.717, 1.165) is 50.0 Å². The van der Waals surface area contributed by atoms with Crippen LogP contribution in [0.4, 0.5) is 19.0 Å². The van der Waals surface area contributed by atoms with Gasteiger partial charge in [-0.25, -0.2) is 9.78 Å². The lowest BCUT2D eigenvalue weighted by Crippen LogP contribution is -2.24. The number of halogens is 3. The zero-order valence-electron chi connectivity index (χ0n) is 16.4. The van der Waals surface area contributed by atoms with E-state index in [-0.39, 0.29) is 0 Å². The summed E-state index contributed by atoms with van der Waals surface area (Å²) in [6.45, 7) is 1.91. The van der Waals surface area contributed by atoms with Crippen LogP contribution in [0.1, 0.15) is 42.4 Å². The van der Waals surface area contributed by atoms with E-state index in [2.05, 4.69) is 9.88 Å². The molecule has 0 atom stereocenters. The molecular weight excluding hydrogens is 393 g/mol. The van der Waals surface area contributed by atoms with E-state index in [4.69, 9.17) is 5.11 Å². The van der Waals surface area contributed by atoms with Gasteiger partial charge < -0.3 is 10.0 Å². The average Bonchev–Trinajstić information content (AvgIpc) is 3.00. The molecule has 1 fully saturated rings. The van der Waals surface area contributed by atoms with Crippen LogP contribution in [0.2, 0.25) is 0 Å². The Morgan fingerprint density at radius 2 is 1.60 bits per heavy atom. The van der Waals surface area contributed by atoms with Crippen molar-refractivity contribution in [1.29, 1.82) is 0 Å². The Morgan fingerprint density at radius 1 is 0.967 bits per heavy atom. The number of hydrogen-bond acceptors (Lipinski definition) is 3. The van der Waals surface area contributed by atoms with Gasteiger partial charge >= 0.3 is 12.1 Å². The molecule has 1 aliphatic rings. The molecular formula is C23H23F3N2O2. The highest BCUT2D eigenvalue weighted by Gasteiger charge is 2.30. The number of allylic oxidation sites excluding steroid dienone is 2. The summed E-state index contributed by atoms with van der Waals surface area (Å²) >= 11 is 0. The number of carbonyl (C=O) groups is 1. The van der Waals surface area contributed by atoms with E-state index in [1.54, 1.807) is 12.3 Å². The van der Waals surface area contributed by atoms with Crippen LogP contribution in [-0.4, -0.2) is 29.1 Å². The van der Waals surface area contributed by atoms with Crippen molar-refractivity contribution in [3.05, 3.63) is 77.5 Å². The number of aliphatic carboxylic acids is 1. The SMILES string of the molecule is O=C(O)/C=C/C=C(\c1ccc(C(F)(F)F)cc1)c1ccc(N2CCCCCC2)nc1. The number of carboxylic acid groups (broad SMARTS) is 1. The number of alkyl halides is 3. The van der Waals surface area contributed by atoms with E-state index in [1.165, 1.54) is 31.1 Å². The van der Waals surface area contributed by atoms with E-state index < -0.39 is 17.7 Å². The lowest BCUT2D eigenvalue weighted by molar-refractivity contribution is -0.137. The standard InChI is InChI=1S/C23H23F3N2O2/c24-23(25,26)19-11-8-17(9-12-19)20(6-5-7-22(29)30)18-10-13-21(27-16-18)28-14-3-1-2-4-15-28/h5-13,16H,1-4,14-15H2,(H,29,30)/b7-5+,20-6+. The maximum absolute atomic E-state index is 12.9. The van der Waals surface area contributed by atoms with Gasteiger partial charge in [-0.3, -0.25) is 0 Å². The number of rotatable bonds is 5. The highest BCUT2D eigenvalue weighted by Crippen LogP contribution is 2.31. The molecule has 1 saturated heterocycles. The first kappa shape index (κ1) is 21.6. The first-order valence-electron chi connectivity index (χ1n) is 9.85. The average molecular weight is 416 g/mol. The summed E-state index contributed by atoms with van der Waals surface area (Å²) in [6, 6.07) is 8.56. The molecule has 3 rings (SSSR count). The van der Waals surface area contributed by atoms with Crippen molar-refractivity contribution in [2.24, 2.45) is 0 Å². The van der Waals surface area contributed by atoms with Crippen LogP contribution in [-0.2, 0) is 11.0 Å². The summed E-state index contributed by atoms with van der Waals surface area (Å²) in [5.41, 5.74) is 1.10. The van der Waals surface area contributed by atoms with Crippen LogP contribution in [0.25, 0.3) is 5.57 Å². The Balaban J connectivity index is 1.91. The second kappa shape index (κ2) is 9.61. The van der Waals surface area contributed by atoms with Crippen LogP contribution in [0.5, 0.6) is 0 Å². The fourth-order valence-electron chi connectivity index (χ4n) is 3.46. The van der Waals surface area contributed by atoms with E-state index in [0.29, 0.717) is 16.7 Å². The van der Waals surface area contributed by atoms with Crippen LogP contribution < -0.4 is 4.90 Å². The van der Waals surface area contributed by atoms with Crippen LogP contribution in [0, 0.1) is 0 Å². The van der Waals surface area contributed by atoms with Crippen molar-refractivity contribution in [2.75, 3.05) is 18.0 Å². The molecule has 0 radical (unpaired) electrons. The minimum Gasteiger partial charge on any atom is -0.478 e. The molecule has 2 heterocycles. The molecule has 0 saturated carbocycles. The molecule has 30 heavy (non-hydrogen) atoms. The fraction of sp³-hybridized carbons (Fsp3) is 0.304. The van der Waals surface area contributed by atoms with Crippen molar-refractivity contribution in [3.8, 4) is 0 Å². The van der Waals surface area contributed by atoms with Gasteiger partial charge in [0.2, 0.25) is 0 Å². The second-order valence-electron chi connectivity index (χ2n) is 7.16. The summed E-state index contributed by atoms with van der Waals surface area (Å²) in [7, 11) is 0. The summed E-state index contributed by atoms with van der Waals surface area (Å²) in [4.78, 5) is 17.6. The number of pyridine rings is 1. The van der Waals surface area contributed by atoms with Crippen LogP contribution in [0.3, 0.4) is 0 Å². The smallest absolute Gasteiger partial charge is 0.416 e. The number of hydrogen-bond donors (Lipinski definition) is 1. The van der Waals surface area contributed by atoms with E-state index >= 15 is 0 Å². The second-order valence-corrected chi connectivity index (χ2v) is 7.16. The summed E-state index contributed by atoms with van der Waals surface area (Å²) in [5, 5.41) is 8.84. The largest absolute Gasteiger partial charge is 0.478 e. The molecule has 158 valence electrons. The van der Waals surface area contributed by atoms with Crippen molar-refractivity contribution < 1.29 is 23.1 Å². The number of benzene rings is 1. The maximum Gasteiger partial charge on any atom is 0.416 e. The summed E-state index contributed by atoms with van der Waals surface area (Å²) < 4.78 is 38.6. The normalized spacial score (nSPS) is 16.0. The monoisotopic (exact) mass is 416 g/mol. The molecule has 0 bridgehead atoms. The van der Waals surface area contributed by atoms with Crippen molar-refractivity contribution >= 4 is 17.4 Å². The van der Waals surface area contributed by atoms with Gasteiger partial charge in [0.1, 0.15) is 5.82 Å². The Kier molecular flexibility index (Phi) is 6.92. The lowest BCUT2D eigenvalue weighted by Gasteiger charge is -2.21. The highest BCUT2D eigenvalue weighted by atomic mass is 19.4. The molecule has 4 nitrogen and oxygen atoms in total. The van der Waals surface area contributed by atoms with Gasteiger partial charge in [-0.05, 0) is 48.2 Å². The molecule has 0 aliphatic carbocycles. The third kappa shape index (κ3) is 5.72. The molecule has 1 aromatic carbocycles. The van der Waals surface area contributed by atoms with Gasteiger partial charge in [0.05, 0.1) is 5.56 Å². The maximum atomic E-state index is 12.9. The number of carboxylic acids is 1. The predicted octanol–water partition coefficient (Wildman–Crippen LogP) is 5.55. The molecule has 1 N–H and O–H groups in total. The van der Waals surface area contributed by atoms with Gasteiger partial charge in [-0.1, -0.05) is 37.1 Å². The highest BCUT2D eigenvalue weighted by molar-refractivity contribution is 5.84. The predicted molar refractivity (Wildman–Crippen MR) is 110 cm³/mol. The first-order chi connectivity index (χ1) is 14.3. The summed E-state index contributed by atoms with van der Waals surface area (Å²) in [6.07, 6.45) is 5.84. The van der Waals surface area contributed by atoms with Gasteiger partial charge in [-0.2, -0.15) is 13.2 Å². The third-order valence-corrected chi connectivity index (χ3v) is 5.01. The molecule has 0 amide bonds. The Morgan fingerprint density at radius 3 is 2.13 bits per heavy atom. The Hall–Kier alpha value is -3.09. The molecule has 7 heteroatoms. The number of aromatic nitrogens is 1. The minimum atomic E-state index is -4.41. The third-order valence-electron chi connectivity index (χ3n) is 5.01. The van der Waals surface area contributed by atoms with Gasteiger partial charge in [0, 0.05) is 30.9 Å². The van der Waals surface area contributed by atoms with Crippen molar-refractivity contribution in [3.63, 3.8) is 0 Å². The molecule has 2 aromatic rings. The fourth-order valence-corrected chi connectivity index (χ4v) is 3.46. The van der Waals surface area contributed by atoms with Crippen molar-refractivity contribution in [2.45, 2.75) is 31.9 Å². The van der Waals surface area contributed by atoms with Gasteiger partial charge in [-0.15, -0.1) is 0 Å². The Bertz CT molecular complexity index is 909. The zero-order valence-corrected chi connectivity index (χ0v) is 16.4. The van der Waals surface area contributed by atoms with E-state index in [9.17, 15) is 18.0 Å². The molecule has 0 spiro atoms. The zero-order chi connectivity index (χ0) is 21.6. The summed E-state index contributed by atoms with van der Waals surface area (Å²) in [5.74, 6) is -0.235. The lowest BCUT2D eigenvalue weighted by atomic mass is 9.97.